The molecule has 0 aromatic carbocycles. The molecule has 3 aromatic heterocycles. The molecule has 3 fully saturated rings. The molecule has 1 unspecified atom stereocenters. The lowest BCUT2D eigenvalue weighted by molar-refractivity contribution is 0.0665. The number of sulfonamides is 1. The van der Waals surface area contributed by atoms with Gasteiger partial charge < -0.3 is 19.4 Å². The Morgan fingerprint density at radius 1 is 1.10 bits per heavy atom. The maximum Gasteiger partial charge on any atom is 0.279 e. The predicted octanol–water partition coefficient (Wildman–Crippen LogP) is 2.43. The van der Waals surface area contributed by atoms with Crippen LogP contribution in [0.1, 0.15) is 51.6 Å². The summed E-state index contributed by atoms with van der Waals surface area (Å²) in [6.07, 6.45) is 7.35. The Hall–Kier alpha value is -2.87. The highest BCUT2D eigenvalue weighted by atomic mass is 32.2. The number of aryl methyl sites for hydroxylation is 1. The number of aromatic nitrogens is 5. The summed E-state index contributed by atoms with van der Waals surface area (Å²) in [6, 6.07) is 1.52. The Morgan fingerprint density at radius 2 is 1.90 bits per heavy atom. The van der Waals surface area contributed by atoms with E-state index in [1.54, 1.807) is 0 Å². The van der Waals surface area contributed by atoms with E-state index in [9.17, 15) is 13.2 Å². The van der Waals surface area contributed by atoms with Crippen molar-refractivity contribution in [3.63, 3.8) is 0 Å². The normalized spacial score (nSPS) is 21.0. The summed E-state index contributed by atoms with van der Waals surface area (Å²) >= 11 is 0. The van der Waals surface area contributed by atoms with E-state index in [0.717, 1.165) is 31.6 Å². The zero-order valence-corrected chi connectivity index (χ0v) is 24.7. The molecule has 2 saturated heterocycles. The van der Waals surface area contributed by atoms with E-state index in [-0.39, 0.29) is 40.4 Å². The summed E-state index contributed by atoms with van der Waals surface area (Å²) in [5, 5.41) is 4.62. The first kappa shape index (κ1) is 28.3. The molecule has 12 nitrogen and oxygen atoms in total. The molecule has 1 aliphatic carbocycles. The quantitative estimate of drug-likeness (QED) is 0.381. The van der Waals surface area contributed by atoms with Crippen LogP contribution in [0, 0.1) is 5.92 Å². The minimum absolute atomic E-state index is 0.0426. The van der Waals surface area contributed by atoms with E-state index >= 15 is 0 Å². The molecule has 0 radical (unpaired) electrons. The van der Waals surface area contributed by atoms with Crippen molar-refractivity contribution >= 4 is 21.1 Å². The fraction of sp³-hybridized carbons (Fsp3) is 0.643. The lowest BCUT2D eigenvalue weighted by Crippen LogP contribution is -2.48. The van der Waals surface area contributed by atoms with Crippen LogP contribution < -0.4 is 10.3 Å². The first-order valence-electron chi connectivity index (χ1n) is 14.8. The average Bonchev–Trinajstić information content (AvgIpc) is 3.61. The topological polar surface area (TPSA) is 136 Å². The molecule has 0 bridgehead atoms. The number of piperazine rings is 1. The first-order valence-corrected chi connectivity index (χ1v) is 16.3. The zero-order chi connectivity index (χ0) is 28.6. The van der Waals surface area contributed by atoms with Crippen LogP contribution in [-0.4, -0.2) is 94.4 Å². The number of hydrogen-bond acceptors (Lipinski definition) is 9. The number of H-pyrrole nitrogens is 1. The largest absolute Gasteiger partial charge is 0.474 e. The second kappa shape index (κ2) is 11.8. The molecule has 0 spiro atoms. The number of hydrogen-bond donors (Lipinski definition) is 1. The Bertz CT molecular complexity index is 1550. The highest BCUT2D eigenvalue weighted by Crippen LogP contribution is 2.32. The van der Waals surface area contributed by atoms with Crippen molar-refractivity contribution in [2.24, 2.45) is 5.92 Å². The summed E-state index contributed by atoms with van der Waals surface area (Å²) in [6.45, 7) is 8.88. The van der Waals surface area contributed by atoms with Gasteiger partial charge in [0.1, 0.15) is 22.8 Å². The van der Waals surface area contributed by atoms with Crippen LogP contribution in [0.25, 0.3) is 22.4 Å². The van der Waals surface area contributed by atoms with Gasteiger partial charge in [0.2, 0.25) is 15.9 Å². The Kier molecular flexibility index (Phi) is 8.12. The number of nitrogens with zero attached hydrogens (tertiary/aromatic N) is 6. The molecule has 222 valence electrons. The predicted molar refractivity (Wildman–Crippen MR) is 153 cm³/mol. The number of pyridine rings is 1. The zero-order valence-electron chi connectivity index (χ0n) is 23.8. The fourth-order valence-corrected chi connectivity index (χ4v) is 7.25. The van der Waals surface area contributed by atoms with Gasteiger partial charge in [-0.15, -0.1) is 0 Å². The Labute approximate surface area is 240 Å². The Morgan fingerprint density at radius 3 is 2.56 bits per heavy atom. The standard InChI is InChI=1S/C28H39N7O5S/c1-3-23-24-25(32-35(23)17-19-7-5-8-19)27(36)31-26(30-24)22-15-21(16-29-28(22)40-18-20-9-6-14-39-20)41(37,38)34-12-10-33(4-2)11-13-34/h15-16,19-20H,3-14,17-18H2,1-2H3,(H,30,31,36). The van der Waals surface area contributed by atoms with Gasteiger partial charge in [0.05, 0.1) is 23.6 Å². The third kappa shape index (κ3) is 5.64. The molecule has 1 atom stereocenters. The van der Waals surface area contributed by atoms with Crippen molar-refractivity contribution in [2.45, 2.75) is 69.9 Å². The SMILES string of the molecule is CCc1c2nc(-c3cc(S(=O)(=O)N4CCN(CC)CC4)cnc3OCC3CCCO3)[nH]c(=O)c2nn1CC1CCC1. The summed E-state index contributed by atoms with van der Waals surface area (Å²) in [7, 11) is -3.82. The highest BCUT2D eigenvalue weighted by Gasteiger charge is 2.30. The Balaban J connectivity index is 1.40. The highest BCUT2D eigenvalue weighted by molar-refractivity contribution is 7.89. The van der Waals surface area contributed by atoms with Gasteiger partial charge in [-0.1, -0.05) is 20.3 Å². The second-order valence-electron chi connectivity index (χ2n) is 11.2. The fourth-order valence-electron chi connectivity index (χ4n) is 5.85. The van der Waals surface area contributed by atoms with Gasteiger partial charge >= 0.3 is 0 Å². The maximum atomic E-state index is 13.7. The van der Waals surface area contributed by atoms with Crippen LogP contribution >= 0.6 is 0 Å². The van der Waals surface area contributed by atoms with Crippen molar-refractivity contribution in [3.8, 4) is 17.3 Å². The molecular weight excluding hydrogens is 546 g/mol. The number of nitrogens with one attached hydrogen (secondary N) is 1. The molecule has 41 heavy (non-hydrogen) atoms. The molecule has 6 rings (SSSR count). The average molecular weight is 586 g/mol. The number of ether oxygens (including phenoxy) is 2. The maximum absolute atomic E-state index is 13.7. The molecule has 5 heterocycles. The number of fused-ring (bicyclic) bond motifs is 1. The van der Waals surface area contributed by atoms with Crippen molar-refractivity contribution < 1.29 is 17.9 Å². The molecule has 3 aliphatic rings. The van der Waals surface area contributed by atoms with E-state index in [0.29, 0.717) is 56.2 Å². The number of likely N-dealkylation sites (N-methyl/N-ethyl adjacent to an activating group) is 1. The van der Waals surface area contributed by atoms with Crippen molar-refractivity contribution in [1.29, 1.82) is 0 Å². The molecule has 13 heteroatoms. The van der Waals surface area contributed by atoms with Gasteiger partial charge in [-0.2, -0.15) is 9.40 Å². The first-order chi connectivity index (χ1) is 19.9. The van der Waals surface area contributed by atoms with Crippen molar-refractivity contribution in [3.05, 3.63) is 28.3 Å². The third-order valence-electron chi connectivity index (χ3n) is 8.62. The van der Waals surface area contributed by atoms with E-state index in [2.05, 4.69) is 26.9 Å². The van der Waals surface area contributed by atoms with Gasteiger partial charge in [-0.3, -0.25) is 9.48 Å². The van der Waals surface area contributed by atoms with Crippen LogP contribution in [0.3, 0.4) is 0 Å². The van der Waals surface area contributed by atoms with Gasteiger partial charge in [0.15, 0.2) is 5.52 Å². The minimum Gasteiger partial charge on any atom is -0.474 e. The van der Waals surface area contributed by atoms with Crippen LogP contribution in [0.2, 0.25) is 0 Å². The summed E-state index contributed by atoms with van der Waals surface area (Å²) in [5.74, 6) is 0.983. The van der Waals surface area contributed by atoms with Crippen molar-refractivity contribution in [1.82, 2.24) is 33.9 Å². The van der Waals surface area contributed by atoms with E-state index < -0.39 is 10.0 Å². The van der Waals surface area contributed by atoms with Crippen LogP contribution in [0.5, 0.6) is 5.88 Å². The smallest absolute Gasteiger partial charge is 0.279 e. The molecule has 1 saturated carbocycles. The monoisotopic (exact) mass is 585 g/mol. The minimum atomic E-state index is -3.82. The molecule has 1 N–H and O–H groups in total. The second-order valence-corrected chi connectivity index (χ2v) is 13.1. The lowest BCUT2D eigenvalue weighted by atomic mass is 9.85. The van der Waals surface area contributed by atoms with E-state index in [1.165, 1.54) is 35.8 Å². The van der Waals surface area contributed by atoms with Gasteiger partial charge in [-0.25, -0.2) is 18.4 Å². The molecule has 2 aliphatic heterocycles. The van der Waals surface area contributed by atoms with Crippen LogP contribution in [-0.2, 0) is 27.7 Å². The van der Waals surface area contributed by atoms with Gasteiger partial charge in [-0.05, 0) is 50.6 Å². The lowest BCUT2D eigenvalue weighted by Gasteiger charge is -2.33. The van der Waals surface area contributed by atoms with Crippen LogP contribution in [0.4, 0.5) is 0 Å². The summed E-state index contributed by atoms with van der Waals surface area (Å²) in [5.41, 5.74) is 1.66. The van der Waals surface area contributed by atoms with Gasteiger partial charge in [0, 0.05) is 39.3 Å². The molecular formula is C28H39N7O5S. The van der Waals surface area contributed by atoms with Gasteiger partial charge in [0.25, 0.3) is 5.56 Å². The van der Waals surface area contributed by atoms with Crippen LogP contribution in [0.15, 0.2) is 22.0 Å². The van der Waals surface area contributed by atoms with E-state index in [4.69, 9.17) is 14.5 Å². The number of rotatable bonds is 10. The number of aromatic amines is 1. The van der Waals surface area contributed by atoms with E-state index in [1.807, 2.05) is 11.6 Å². The third-order valence-corrected chi connectivity index (χ3v) is 10.5. The summed E-state index contributed by atoms with van der Waals surface area (Å²) < 4.78 is 42.5. The van der Waals surface area contributed by atoms with Crippen molar-refractivity contribution in [2.75, 3.05) is 45.9 Å². The summed E-state index contributed by atoms with van der Waals surface area (Å²) in [4.78, 5) is 27.7. The molecule has 0 amide bonds. The molecule has 3 aromatic rings.